The lowest BCUT2D eigenvalue weighted by Gasteiger charge is -2.08. The van der Waals surface area contributed by atoms with Crippen molar-refractivity contribution < 1.29 is 18.7 Å². The molecule has 1 N–H and O–H groups in total. The number of amides is 1. The number of hydrogen-bond acceptors (Lipinski definition) is 4. The van der Waals surface area contributed by atoms with Gasteiger partial charge in [-0.15, -0.1) is 11.8 Å². The van der Waals surface area contributed by atoms with Gasteiger partial charge < -0.3 is 10.1 Å². The molecule has 0 heterocycles. The zero-order valence-electron chi connectivity index (χ0n) is 13.3. The van der Waals surface area contributed by atoms with Gasteiger partial charge in [0.1, 0.15) is 5.82 Å². The Balaban J connectivity index is 1.69. The summed E-state index contributed by atoms with van der Waals surface area (Å²) in [5.41, 5.74) is 1.46. The second-order valence-electron chi connectivity index (χ2n) is 5.08. The van der Waals surface area contributed by atoms with Crippen LogP contribution in [0.25, 0.3) is 0 Å². The van der Waals surface area contributed by atoms with E-state index >= 15 is 0 Å². The standard InChI is InChI=1S/C18H18FNO3S/c1-13-6-2-5-9-16(13)24-12-18(22)23-11-17(21)20-10-14-7-3-4-8-15(14)19/h2-9H,10-12H2,1H3,(H,20,21). The predicted molar refractivity (Wildman–Crippen MR) is 91.1 cm³/mol. The van der Waals surface area contributed by atoms with Crippen LogP contribution in [0.2, 0.25) is 0 Å². The molecular weight excluding hydrogens is 329 g/mol. The number of nitrogens with one attached hydrogen (secondary N) is 1. The molecule has 0 aromatic heterocycles. The molecule has 1 amide bonds. The zero-order valence-corrected chi connectivity index (χ0v) is 14.1. The van der Waals surface area contributed by atoms with E-state index in [0.717, 1.165) is 10.5 Å². The van der Waals surface area contributed by atoms with Gasteiger partial charge in [0.25, 0.3) is 5.91 Å². The maximum absolute atomic E-state index is 13.4. The number of ether oxygens (including phenoxy) is 1. The Hall–Kier alpha value is -2.34. The van der Waals surface area contributed by atoms with Crippen molar-refractivity contribution in [2.45, 2.75) is 18.4 Å². The summed E-state index contributed by atoms with van der Waals surface area (Å²) in [6.45, 7) is 1.65. The number of halogens is 1. The third kappa shape index (κ3) is 5.70. The van der Waals surface area contributed by atoms with Crippen LogP contribution in [0.15, 0.2) is 53.4 Å². The number of aryl methyl sites for hydroxylation is 1. The minimum absolute atomic E-state index is 0.0566. The molecule has 2 aromatic rings. The van der Waals surface area contributed by atoms with Crippen molar-refractivity contribution in [2.24, 2.45) is 0 Å². The summed E-state index contributed by atoms with van der Waals surface area (Å²) in [6, 6.07) is 13.9. The van der Waals surface area contributed by atoms with Crippen molar-refractivity contribution in [1.29, 1.82) is 0 Å². The van der Waals surface area contributed by atoms with Crippen LogP contribution in [-0.4, -0.2) is 24.2 Å². The Labute approximate surface area is 144 Å². The van der Waals surface area contributed by atoms with Crippen molar-refractivity contribution in [2.75, 3.05) is 12.4 Å². The van der Waals surface area contributed by atoms with Crippen LogP contribution >= 0.6 is 11.8 Å². The molecule has 2 rings (SSSR count). The Bertz CT molecular complexity index is 659. The highest BCUT2D eigenvalue weighted by atomic mass is 32.2. The summed E-state index contributed by atoms with van der Waals surface area (Å²) in [6.07, 6.45) is 0. The number of hydrogen-bond donors (Lipinski definition) is 1. The number of benzene rings is 2. The molecule has 0 saturated carbocycles. The molecule has 4 nitrogen and oxygen atoms in total. The second kappa shape index (κ2) is 9.08. The maximum Gasteiger partial charge on any atom is 0.316 e. The van der Waals surface area contributed by atoms with Crippen LogP contribution in [-0.2, 0) is 20.9 Å². The Morgan fingerprint density at radius 1 is 1.12 bits per heavy atom. The molecule has 0 atom stereocenters. The third-order valence-electron chi connectivity index (χ3n) is 3.24. The van der Waals surface area contributed by atoms with Crippen molar-refractivity contribution in [3.63, 3.8) is 0 Å². The van der Waals surface area contributed by atoms with Gasteiger partial charge in [-0.1, -0.05) is 36.4 Å². The first-order valence-corrected chi connectivity index (χ1v) is 8.39. The van der Waals surface area contributed by atoms with E-state index in [0.29, 0.717) is 5.56 Å². The minimum atomic E-state index is -0.468. The van der Waals surface area contributed by atoms with E-state index < -0.39 is 11.9 Å². The fraction of sp³-hybridized carbons (Fsp3) is 0.222. The monoisotopic (exact) mass is 347 g/mol. The molecular formula is C18H18FNO3S. The molecule has 0 aliphatic rings. The minimum Gasteiger partial charge on any atom is -0.455 e. The summed E-state index contributed by atoms with van der Waals surface area (Å²) in [5, 5.41) is 2.52. The quantitative estimate of drug-likeness (QED) is 0.618. The molecule has 0 aliphatic heterocycles. The van der Waals surface area contributed by atoms with Crippen molar-refractivity contribution in [3.8, 4) is 0 Å². The number of rotatable bonds is 7. The van der Waals surface area contributed by atoms with E-state index in [9.17, 15) is 14.0 Å². The van der Waals surface area contributed by atoms with Crippen LogP contribution in [0.1, 0.15) is 11.1 Å². The summed E-state index contributed by atoms with van der Waals surface area (Å²) >= 11 is 1.36. The molecule has 2 aromatic carbocycles. The highest BCUT2D eigenvalue weighted by molar-refractivity contribution is 8.00. The van der Waals surface area contributed by atoms with Crippen molar-refractivity contribution in [3.05, 3.63) is 65.5 Å². The number of carbonyl (C=O) groups is 2. The van der Waals surface area contributed by atoms with E-state index in [4.69, 9.17) is 4.74 Å². The lowest BCUT2D eigenvalue weighted by molar-refractivity contribution is -0.145. The Morgan fingerprint density at radius 2 is 1.83 bits per heavy atom. The van der Waals surface area contributed by atoms with Gasteiger partial charge in [0.05, 0.1) is 5.75 Å². The summed E-state index contributed by atoms with van der Waals surface area (Å²) in [7, 11) is 0. The fourth-order valence-electron chi connectivity index (χ4n) is 1.93. The molecule has 126 valence electrons. The van der Waals surface area contributed by atoms with Gasteiger partial charge in [-0.2, -0.15) is 0 Å². The first-order valence-electron chi connectivity index (χ1n) is 7.40. The molecule has 0 spiro atoms. The second-order valence-corrected chi connectivity index (χ2v) is 6.10. The maximum atomic E-state index is 13.4. The van der Waals surface area contributed by atoms with Gasteiger partial charge in [0.15, 0.2) is 6.61 Å². The van der Waals surface area contributed by atoms with Gasteiger partial charge in [-0.3, -0.25) is 9.59 Å². The van der Waals surface area contributed by atoms with Crippen LogP contribution in [0, 0.1) is 12.7 Å². The smallest absolute Gasteiger partial charge is 0.316 e. The van der Waals surface area contributed by atoms with Crippen LogP contribution in [0.4, 0.5) is 4.39 Å². The van der Waals surface area contributed by atoms with Gasteiger partial charge in [-0.25, -0.2) is 4.39 Å². The molecule has 6 heteroatoms. The van der Waals surface area contributed by atoms with E-state index in [1.165, 1.54) is 17.8 Å². The Kier molecular flexibility index (Phi) is 6.81. The summed E-state index contributed by atoms with van der Waals surface area (Å²) < 4.78 is 18.3. The average Bonchev–Trinajstić information content (AvgIpc) is 2.58. The van der Waals surface area contributed by atoms with Crippen LogP contribution in [0.3, 0.4) is 0 Å². The first-order chi connectivity index (χ1) is 11.6. The van der Waals surface area contributed by atoms with Crippen molar-refractivity contribution >= 4 is 23.6 Å². The predicted octanol–water partition coefficient (Wildman–Crippen LogP) is 3.09. The largest absolute Gasteiger partial charge is 0.455 e. The zero-order chi connectivity index (χ0) is 17.4. The van der Waals surface area contributed by atoms with Crippen LogP contribution in [0.5, 0.6) is 0 Å². The summed E-state index contributed by atoms with van der Waals surface area (Å²) in [5.74, 6) is -1.19. The van der Waals surface area contributed by atoms with Gasteiger partial charge in [-0.05, 0) is 24.6 Å². The molecule has 0 bridgehead atoms. The van der Waals surface area contributed by atoms with E-state index in [1.807, 2.05) is 31.2 Å². The van der Waals surface area contributed by atoms with Gasteiger partial charge in [0.2, 0.25) is 0 Å². The number of esters is 1. The van der Waals surface area contributed by atoms with Crippen molar-refractivity contribution in [1.82, 2.24) is 5.32 Å². The molecule has 24 heavy (non-hydrogen) atoms. The lowest BCUT2D eigenvalue weighted by Crippen LogP contribution is -2.29. The molecule has 0 aliphatic carbocycles. The average molecular weight is 347 g/mol. The van der Waals surface area contributed by atoms with E-state index in [-0.39, 0.29) is 24.7 Å². The fourth-order valence-corrected chi connectivity index (χ4v) is 2.76. The number of thioether (sulfide) groups is 1. The van der Waals surface area contributed by atoms with E-state index in [1.54, 1.807) is 18.2 Å². The lowest BCUT2D eigenvalue weighted by atomic mass is 10.2. The highest BCUT2D eigenvalue weighted by Gasteiger charge is 2.10. The normalized spacial score (nSPS) is 10.2. The topological polar surface area (TPSA) is 55.4 Å². The van der Waals surface area contributed by atoms with Gasteiger partial charge >= 0.3 is 5.97 Å². The molecule has 0 fully saturated rings. The van der Waals surface area contributed by atoms with Crippen LogP contribution < -0.4 is 5.32 Å². The highest BCUT2D eigenvalue weighted by Crippen LogP contribution is 2.21. The number of carbonyl (C=O) groups excluding carboxylic acids is 2. The van der Waals surface area contributed by atoms with Gasteiger partial charge in [0, 0.05) is 17.0 Å². The van der Waals surface area contributed by atoms with E-state index in [2.05, 4.69) is 5.32 Å². The third-order valence-corrected chi connectivity index (χ3v) is 4.39. The molecule has 0 radical (unpaired) electrons. The molecule has 0 unspecified atom stereocenters. The summed E-state index contributed by atoms with van der Waals surface area (Å²) in [4.78, 5) is 24.3. The first kappa shape index (κ1) is 18.0. The Morgan fingerprint density at radius 3 is 2.58 bits per heavy atom. The molecule has 0 saturated heterocycles. The SMILES string of the molecule is Cc1ccccc1SCC(=O)OCC(=O)NCc1ccccc1F.